The molecule has 1 aliphatic heterocycles. The van der Waals surface area contributed by atoms with Crippen LogP contribution in [0.25, 0.3) is 0 Å². The molecule has 0 bridgehead atoms. The molecule has 1 unspecified atom stereocenters. The Hall–Kier alpha value is -1.52. The van der Waals surface area contributed by atoms with Crippen LogP contribution in [0, 0.1) is 0 Å². The molecular formula is C11H19N5. The molecule has 1 aliphatic rings. The third-order valence-electron chi connectivity index (χ3n) is 3.03. The number of nitrogens with two attached hydrogens (primary N) is 1. The van der Waals surface area contributed by atoms with Crippen molar-refractivity contribution in [3.05, 3.63) is 18.0 Å². The maximum absolute atomic E-state index is 5.89. The highest BCUT2D eigenvalue weighted by molar-refractivity contribution is 5.78. The molecule has 1 atom stereocenters. The van der Waals surface area contributed by atoms with Crippen molar-refractivity contribution in [1.29, 1.82) is 0 Å². The van der Waals surface area contributed by atoms with Gasteiger partial charge in [-0.1, -0.05) is 0 Å². The molecule has 2 heterocycles. The highest BCUT2D eigenvalue weighted by atomic mass is 15.3. The number of guanidine groups is 1. The van der Waals surface area contributed by atoms with Gasteiger partial charge >= 0.3 is 0 Å². The second-order valence-corrected chi connectivity index (χ2v) is 4.21. The lowest BCUT2D eigenvalue weighted by atomic mass is 10.0. The molecule has 2 N–H and O–H groups in total. The Morgan fingerprint density at radius 1 is 1.69 bits per heavy atom. The topological polar surface area (TPSA) is 59.4 Å². The maximum atomic E-state index is 5.89. The van der Waals surface area contributed by atoms with Crippen molar-refractivity contribution in [3.63, 3.8) is 0 Å². The molecular weight excluding hydrogens is 202 g/mol. The Morgan fingerprint density at radius 2 is 2.50 bits per heavy atom. The molecule has 88 valence electrons. The number of rotatable bonds is 2. The molecule has 5 nitrogen and oxygen atoms in total. The largest absolute Gasteiger partial charge is 0.370 e. The SMILES string of the molecule is CCN=C(N)N1CCC(c2cnn(C)c2)C1. The van der Waals surface area contributed by atoms with Crippen molar-refractivity contribution in [2.24, 2.45) is 17.8 Å². The van der Waals surface area contributed by atoms with Gasteiger partial charge in [-0.15, -0.1) is 0 Å². The van der Waals surface area contributed by atoms with E-state index in [0.29, 0.717) is 11.9 Å². The molecule has 0 aliphatic carbocycles. The van der Waals surface area contributed by atoms with Gasteiger partial charge in [-0.2, -0.15) is 5.10 Å². The molecule has 0 amide bonds. The summed E-state index contributed by atoms with van der Waals surface area (Å²) in [5, 5.41) is 4.20. The van der Waals surface area contributed by atoms with Crippen molar-refractivity contribution in [2.45, 2.75) is 19.3 Å². The van der Waals surface area contributed by atoms with Gasteiger partial charge in [0, 0.05) is 38.8 Å². The van der Waals surface area contributed by atoms with E-state index in [1.165, 1.54) is 5.56 Å². The first kappa shape index (κ1) is 11.0. The number of hydrogen-bond acceptors (Lipinski definition) is 2. The number of nitrogens with zero attached hydrogens (tertiary/aromatic N) is 4. The quantitative estimate of drug-likeness (QED) is 0.586. The van der Waals surface area contributed by atoms with E-state index in [2.05, 4.69) is 21.2 Å². The van der Waals surface area contributed by atoms with Crippen LogP contribution >= 0.6 is 0 Å². The van der Waals surface area contributed by atoms with Gasteiger partial charge in [-0.3, -0.25) is 9.67 Å². The number of aliphatic imine (C=N–C) groups is 1. The summed E-state index contributed by atoms with van der Waals surface area (Å²) in [7, 11) is 1.95. The van der Waals surface area contributed by atoms with E-state index in [1.807, 2.05) is 24.9 Å². The number of hydrogen-bond donors (Lipinski definition) is 1. The summed E-state index contributed by atoms with van der Waals surface area (Å²) in [4.78, 5) is 6.39. The van der Waals surface area contributed by atoms with E-state index < -0.39 is 0 Å². The van der Waals surface area contributed by atoms with E-state index in [4.69, 9.17) is 5.73 Å². The molecule has 1 aromatic rings. The lowest BCUT2D eigenvalue weighted by Gasteiger charge is -2.16. The van der Waals surface area contributed by atoms with Crippen LogP contribution in [0.2, 0.25) is 0 Å². The van der Waals surface area contributed by atoms with Crippen LogP contribution in [0.4, 0.5) is 0 Å². The Bertz CT molecular complexity index is 381. The summed E-state index contributed by atoms with van der Waals surface area (Å²) in [5.41, 5.74) is 7.19. The fourth-order valence-corrected chi connectivity index (χ4v) is 2.15. The monoisotopic (exact) mass is 221 g/mol. The predicted molar refractivity (Wildman–Crippen MR) is 64.3 cm³/mol. The lowest BCUT2D eigenvalue weighted by Crippen LogP contribution is -2.35. The van der Waals surface area contributed by atoms with Gasteiger partial charge in [-0.25, -0.2) is 0 Å². The highest BCUT2D eigenvalue weighted by Crippen LogP contribution is 2.26. The van der Waals surface area contributed by atoms with Crippen LogP contribution in [-0.2, 0) is 7.05 Å². The second kappa shape index (κ2) is 4.55. The van der Waals surface area contributed by atoms with Gasteiger partial charge in [0.05, 0.1) is 6.20 Å². The van der Waals surface area contributed by atoms with E-state index in [-0.39, 0.29) is 0 Å². The smallest absolute Gasteiger partial charge is 0.191 e. The van der Waals surface area contributed by atoms with Crippen molar-refractivity contribution in [3.8, 4) is 0 Å². The van der Waals surface area contributed by atoms with Crippen LogP contribution < -0.4 is 5.73 Å². The Morgan fingerprint density at radius 3 is 3.12 bits per heavy atom. The summed E-state index contributed by atoms with van der Waals surface area (Å²) >= 11 is 0. The summed E-state index contributed by atoms with van der Waals surface area (Å²) in [6.07, 6.45) is 5.16. The first-order valence-corrected chi connectivity index (χ1v) is 5.74. The average Bonchev–Trinajstić information content (AvgIpc) is 2.85. The Balaban J connectivity index is 2.00. The van der Waals surface area contributed by atoms with Crippen LogP contribution in [-0.4, -0.2) is 40.3 Å². The number of likely N-dealkylation sites (tertiary alicyclic amines) is 1. The molecule has 16 heavy (non-hydrogen) atoms. The van der Waals surface area contributed by atoms with Crippen LogP contribution in [0.1, 0.15) is 24.8 Å². The molecule has 0 radical (unpaired) electrons. The van der Waals surface area contributed by atoms with Crippen LogP contribution in [0.3, 0.4) is 0 Å². The van der Waals surface area contributed by atoms with Crippen molar-refractivity contribution in [2.75, 3.05) is 19.6 Å². The van der Waals surface area contributed by atoms with E-state index >= 15 is 0 Å². The highest BCUT2D eigenvalue weighted by Gasteiger charge is 2.25. The zero-order valence-electron chi connectivity index (χ0n) is 9.93. The maximum Gasteiger partial charge on any atom is 0.191 e. The summed E-state index contributed by atoms with van der Waals surface area (Å²) in [6, 6.07) is 0. The molecule has 1 fully saturated rings. The predicted octanol–water partition coefficient (Wildman–Crippen LogP) is 0.544. The van der Waals surface area contributed by atoms with Crippen molar-refractivity contribution >= 4 is 5.96 Å². The van der Waals surface area contributed by atoms with Gasteiger partial charge in [0.2, 0.25) is 0 Å². The normalized spacial score (nSPS) is 21.8. The summed E-state index contributed by atoms with van der Waals surface area (Å²) in [5.74, 6) is 1.22. The molecule has 0 saturated carbocycles. The lowest BCUT2D eigenvalue weighted by molar-refractivity contribution is 0.502. The van der Waals surface area contributed by atoms with E-state index in [0.717, 1.165) is 26.1 Å². The first-order chi connectivity index (χ1) is 7.70. The van der Waals surface area contributed by atoms with Crippen LogP contribution in [0.5, 0.6) is 0 Å². The fourth-order valence-electron chi connectivity index (χ4n) is 2.15. The minimum atomic E-state index is 0.541. The zero-order chi connectivity index (χ0) is 11.5. The van der Waals surface area contributed by atoms with Gasteiger partial charge in [0.25, 0.3) is 0 Å². The molecule has 0 spiro atoms. The van der Waals surface area contributed by atoms with Gasteiger partial charge in [0.1, 0.15) is 0 Å². The van der Waals surface area contributed by atoms with Gasteiger partial charge in [-0.05, 0) is 18.9 Å². The third kappa shape index (κ3) is 2.18. The van der Waals surface area contributed by atoms with Crippen LogP contribution in [0.15, 0.2) is 17.4 Å². The number of aryl methyl sites for hydroxylation is 1. The summed E-state index contributed by atoms with van der Waals surface area (Å²) in [6.45, 7) is 4.71. The van der Waals surface area contributed by atoms with Crippen molar-refractivity contribution < 1.29 is 0 Å². The van der Waals surface area contributed by atoms with Gasteiger partial charge < -0.3 is 10.6 Å². The molecule has 2 rings (SSSR count). The minimum Gasteiger partial charge on any atom is -0.370 e. The zero-order valence-corrected chi connectivity index (χ0v) is 9.93. The first-order valence-electron chi connectivity index (χ1n) is 5.74. The number of aromatic nitrogens is 2. The van der Waals surface area contributed by atoms with E-state index in [1.54, 1.807) is 0 Å². The summed E-state index contributed by atoms with van der Waals surface area (Å²) < 4.78 is 1.85. The Kier molecular flexibility index (Phi) is 3.12. The molecule has 1 saturated heterocycles. The minimum absolute atomic E-state index is 0.541. The van der Waals surface area contributed by atoms with Crippen molar-refractivity contribution in [1.82, 2.24) is 14.7 Å². The fraction of sp³-hybridized carbons (Fsp3) is 0.636. The standard InChI is InChI=1S/C11H19N5/c1-3-13-11(12)16-5-4-9(8-16)10-6-14-15(2)7-10/h6-7,9H,3-5,8H2,1-2H3,(H2,12,13). The van der Waals surface area contributed by atoms with E-state index in [9.17, 15) is 0 Å². The molecule has 1 aromatic heterocycles. The molecule has 0 aromatic carbocycles. The Labute approximate surface area is 95.9 Å². The third-order valence-corrected chi connectivity index (χ3v) is 3.03. The molecule has 5 heteroatoms. The van der Waals surface area contributed by atoms with Gasteiger partial charge in [0.15, 0.2) is 5.96 Å². The average molecular weight is 221 g/mol. The second-order valence-electron chi connectivity index (χ2n) is 4.21.